The minimum absolute atomic E-state index is 0.0978. The first-order valence-corrected chi connectivity index (χ1v) is 9.18. The molecule has 0 aliphatic carbocycles. The van der Waals surface area contributed by atoms with Crippen molar-refractivity contribution < 1.29 is 9.53 Å². The van der Waals surface area contributed by atoms with Gasteiger partial charge >= 0.3 is 6.09 Å². The molecule has 0 aromatic carbocycles. The van der Waals surface area contributed by atoms with Gasteiger partial charge in [-0.25, -0.2) is 19.7 Å². The summed E-state index contributed by atoms with van der Waals surface area (Å²) in [6.45, 7) is 3.51. The predicted octanol–water partition coefficient (Wildman–Crippen LogP) is 2.82. The lowest BCUT2D eigenvalue weighted by molar-refractivity contribution is 0.0975. The van der Waals surface area contributed by atoms with Gasteiger partial charge in [0.25, 0.3) is 0 Å². The van der Waals surface area contributed by atoms with E-state index in [9.17, 15) is 4.79 Å². The zero-order valence-electron chi connectivity index (χ0n) is 15.2. The average Bonchev–Trinajstić information content (AvgIpc) is 3.13. The zero-order valence-corrected chi connectivity index (χ0v) is 15.2. The van der Waals surface area contributed by atoms with E-state index in [4.69, 9.17) is 4.74 Å². The van der Waals surface area contributed by atoms with Crippen LogP contribution in [0.2, 0.25) is 0 Å². The predicted molar refractivity (Wildman–Crippen MR) is 101 cm³/mol. The number of fused-ring (bicyclic) bond motifs is 1. The zero-order chi connectivity index (χ0) is 18.6. The summed E-state index contributed by atoms with van der Waals surface area (Å²) >= 11 is 0. The van der Waals surface area contributed by atoms with Gasteiger partial charge in [-0.1, -0.05) is 6.07 Å². The molecule has 0 saturated carbocycles. The second-order valence-corrected chi connectivity index (χ2v) is 6.47. The number of likely N-dealkylation sites (tertiary alicyclic amines) is 1. The summed E-state index contributed by atoms with van der Waals surface area (Å²) in [5.41, 5.74) is 2.58. The number of imidazole rings is 1. The van der Waals surface area contributed by atoms with E-state index in [0.29, 0.717) is 19.1 Å². The quantitative estimate of drug-likeness (QED) is 0.764. The topological polar surface area (TPSA) is 84.6 Å². The van der Waals surface area contributed by atoms with E-state index in [1.165, 1.54) is 0 Å². The summed E-state index contributed by atoms with van der Waals surface area (Å²) in [4.78, 5) is 27.1. The first-order chi connectivity index (χ1) is 13.2. The van der Waals surface area contributed by atoms with E-state index in [0.717, 1.165) is 36.4 Å². The molecule has 0 radical (unpaired) electrons. The SMILES string of the molecule is CCOC(=O)N1CCCC(Nc2nccc(-c3cnc4ccccn34)n2)C1. The van der Waals surface area contributed by atoms with Crippen LogP contribution in [-0.2, 0) is 4.74 Å². The summed E-state index contributed by atoms with van der Waals surface area (Å²) in [6, 6.07) is 7.84. The van der Waals surface area contributed by atoms with Gasteiger partial charge in [0, 0.05) is 31.5 Å². The lowest BCUT2D eigenvalue weighted by atomic mass is 10.1. The van der Waals surface area contributed by atoms with Crippen molar-refractivity contribution in [3.63, 3.8) is 0 Å². The van der Waals surface area contributed by atoms with E-state index >= 15 is 0 Å². The van der Waals surface area contributed by atoms with Crippen molar-refractivity contribution in [2.75, 3.05) is 25.0 Å². The Kier molecular flexibility index (Phi) is 4.86. The highest BCUT2D eigenvalue weighted by molar-refractivity contribution is 5.68. The Morgan fingerprint density at radius 2 is 2.26 bits per heavy atom. The highest BCUT2D eigenvalue weighted by Gasteiger charge is 2.25. The van der Waals surface area contributed by atoms with Crippen LogP contribution < -0.4 is 5.32 Å². The summed E-state index contributed by atoms with van der Waals surface area (Å²) in [6.07, 6.45) is 7.13. The fourth-order valence-electron chi connectivity index (χ4n) is 3.35. The molecule has 1 aliphatic rings. The molecule has 1 N–H and O–H groups in total. The second-order valence-electron chi connectivity index (χ2n) is 6.47. The highest BCUT2D eigenvalue weighted by atomic mass is 16.6. The number of hydrogen-bond acceptors (Lipinski definition) is 6. The molecule has 3 aromatic heterocycles. The van der Waals surface area contributed by atoms with Crippen LogP contribution in [0.15, 0.2) is 42.9 Å². The van der Waals surface area contributed by atoms with Gasteiger partial charge in [0.05, 0.1) is 24.2 Å². The van der Waals surface area contributed by atoms with Gasteiger partial charge in [-0.3, -0.25) is 4.40 Å². The monoisotopic (exact) mass is 366 g/mol. The Bertz CT molecular complexity index is 941. The summed E-state index contributed by atoms with van der Waals surface area (Å²) < 4.78 is 7.10. The van der Waals surface area contributed by atoms with Gasteiger partial charge in [0.2, 0.25) is 5.95 Å². The number of nitrogens with zero attached hydrogens (tertiary/aromatic N) is 5. The largest absolute Gasteiger partial charge is 0.450 e. The molecule has 0 spiro atoms. The molecule has 1 fully saturated rings. The van der Waals surface area contributed by atoms with Gasteiger partial charge in [0.15, 0.2) is 0 Å². The first-order valence-electron chi connectivity index (χ1n) is 9.18. The smallest absolute Gasteiger partial charge is 0.409 e. The van der Waals surface area contributed by atoms with Crippen molar-refractivity contribution in [2.24, 2.45) is 0 Å². The van der Waals surface area contributed by atoms with Gasteiger partial charge in [-0.2, -0.15) is 0 Å². The Balaban J connectivity index is 1.50. The van der Waals surface area contributed by atoms with Crippen molar-refractivity contribution in [1.82, 2.24) is 24.3 Å². The highest BCUT2D eigenvalue weighted by Crippen LogP contribution is 2.20. The lowest BCUT2D eigenvalue weighted by Gasteiger charge is -2.32. The fraction of sp³-hybridized carbons (Fsp3) is 0.368. The normalized spacial score (nSPS) is 17.1. The Morgan fingerprint density at radius 1 is 1.33 bits per heavy atom. The number of aromatic nitrogens is 4. The third-order valence-electron chi connectivity index (χ3n) is 4.62. The maximum Gasteiger partial charge on any atom is 0.409 e. The molecule has 1 aliphatic heterocycles. The third-order valence-corrected chi connectivity index (χ3v) is 4.62. The number of nitrogens with one attached hydrogen (secondary N) is 1. The number of rotatable bonds is 4. The number of carbonyl (C=O) groups excluding carboxylic acids is 1. The third kappa shape index (κ3) is 3.69. The molecule has 140 valence electrons. The van der Waals surface area contributed by atoms with Gasteiger partial charge in [-0.15, -0.1) is 0 Å². The number of carbonyl (C=O) groups is 1. The standard InChI is InChI=1S/C19H22N6O2/c1-2-27-19(26)24-10-5-6-14(13-24)22-18-20-9-8-15(23-18)16-12-21-17-7-3-4-11-25(16)17/h3-4,7-9,11-12,14H,2,5-6,10,13H2,1H3,(H,20,22,23). The van der Waals surface area contributed by atoms with Crippen LogP contribution in [0, 0.1) is 0 Å². The van der Waals surface area contributed by atoms with E-state index in [2.05, 4.69) is 20.3 Å². The van der Waals surface area contributed by atoms with Gasteiger partial charge in [-0.05, 0) is 38.0 Å². The van der Waals surface area contributed by atoms with Crippen molar-refractivity contribution in [1.29, 1.82) is 0 Å². The summed E-state index contributed by atoms with van der Waals surface area (Å²) in [5, 5.41) is 3.36. The fourth-order valence-corrected chi connectivity index (χ4v) is 3.35. The van der Waals surface area contributed by atoms with Crippen molar-refractivity contribution in [3.8, 4) is 11.4 Å². The molecule has 4 heterocycles. The van der Waals surface area contributed by atoms with Crippen LogP contribution >= 0.6 is 0 Å². The maximum atomic E-state index is 12.0. The number of amides is 1. The Hall–Kier alpha value is -3.16. The van der Waals surface area contributed by atoms with Crippen LogP contribution in [-0.4, -0.2) is 56.1 Å². The van der Waals surface area contributed by atoms with Crippen LogP contribution in [0.25, 0.3) is 17.0 Å². The molecule has 27 heavy (non-hydrogen) atoms. The molecule has 0 bridgehead atoms. The molecular formula is C19H22N6O2. The number of pyridine rings is 1. The lowest BCUT2D eigenvalue weighted by Crippen LogP contribution is -2.45. The first kappa shape index (κ1) is 17.3. The molecule has 1 atom stereocenters. The van der Waals surface area contributed by atoms with E-state index in [1.54, 1.807) is 11.1 Å². The number of ether oxygens (including phenoxy) is 1. The van der Waals surface area contributed by atoms with Gasteiger partial charge < -0.3 is 15.0 Å². The van der Waals surface area contributed by atoms with Crippen LogP contribution in [0.4, 0.5) is 10.7 Å². The molecule has 1 amide bonds. The molecule has 3 aromatic rings. The van der Waals surface area contributed by atoms with Crippen molar-refractivity contribution in [3.05, 3.63) is 42.9 Å². The average molecular weight is 366 g/mol. The van der Waals surface area contributed by atoms with Crippen molar-refractivity contribution in [2.45, 2.75) is 25.8 Å². The molecule has 8 nitrogen and oxygen atoms in total. The summed E-state index contributed by atoms with van der Waals surface area (Å²) in [5.74, 6) is 0.550. The second kappa shape index (κ2) is 7.61. The minimum Gasteiger partial charge on any atom is -0.450 e. The number of hydrogen-bond donors (Lipinski definition) is 1. The minimum atomic E-state index is -0.260. The maximum absolute atomic E-state index is 12.0. The molecule has 1 unspecified atom stereocenters. The number of piperidine rings is 1. The van der Waals surface area contributed by atoms with Crippen molar-refractivity contribution >= 4 is 17.7 Å². The van der Waals surface area contributed by atoms with Gasteiger partial charge in [0.1, 0.15) is 5.65 Å². The van der Waals surface area contributed by atoms with Crippen LogP contribution in [0.3, 0.4) is 0 Å². The van der Waals surface area contributed by atoms with E-state index in [1.807, 2.05) is 48.0 Å². The number of anilines is 1. The molecule has 1 saturated heterocycles. The van der Waals surface area contributed by atoms with Crippen LogP contribution in [0.1, 0.15) is 19.8 Å². The Labute approximate surface area is 157 Å². The molecule has 4 rings (SSSR count). The Morgan fingerprint density at radius 3 is 3.15 bits per heavy atom. The summed E-state index contributed by atoms with van der Waals surface area (Å²) in [7, 11) is 0. The van der Waals surface area contributed by atoms with Crippen LogP contribution in [0.5, 0.6) is 0 Å². The van der Waals surface area contributed by atoms with E-state index in [-0.39, 0.29) is 12.1 Å². The molecular weight excluding hydrogens is 344 g/mol. The van der Waals surface area contributed by atoms with E-state index < -0.39 is 0 Å². The molecule has 8 heteroatoms.